The van der Waals surface area contributed by atoms with Crippen molar-refractivity contribution in [1.29, 1.82) is 0 Å². The van der Waals surface area contributed by atoms with Crippen LogP contribution in [0.15, 0.2) is 30.3 Å². The van der Waals surface area contributed by atoms with Gasteiger partial charge in [0.2, 0.25) is 11.8 Å². The van der Waals surface area contributed by atoms with Crippen LogP contribution in [0, 0.1) is 5.92 Å². The predicted octanol–water partition coefficient (Wildman–Crippen LogP) is 1.89. The fourth-order valence-corrected chi connectivity index (χ4v) is 3.48. The summed E-state index contributed by atoms with van der Waals surface area (Å²) in [5, 5.41) is 6.41. The number of rotatable bonds is 4. The summed E-state index contributed by atoms with van der Waals surface area (Å²) in [6.45, 7) is 4.45. The van der Waals surface area contributed by atoms with Crippen molar-refractivity contribution in [2.75, 3.05) is 19.6 Å². The van der Waals surface area contributed by atoms with Crippen LogP contribution in [0.5, 0.6) is 0 Å². The number of likely N-dealkylation sites (tertiary alicyclic amines) is 1. The van der Waals surface area contributed by atoms with Gasteiger partial charge in [0.1, 0.15) is 0 Å². The zero-order valence-corrected chi connectivity index (χ0v) is 14.8. The molecule has 1 aromatic carbocycles. The molecule has 2 unspecified atom stereocenters. The van der Waals surface area contributed by atoms with E-state index in [9.17, 15) is 9.59 Å². The van der Waals surface area contributed by atoms with E-state index in [0.717, 1.165) is 31.5 Å². The van der Waals surface area contributed by atoms with Crippen molar-refractivity contribution in [2.24, 2.45) is 5.92 Å². The van der Waals surface area contributed by atoms with Gasteiger partial charge >= 0.3 is 0 Å². The molecule has 2 N–H and O–H groups in total. The van der Waals surface area contributed by atoms with Gasteiger partial charge in [-0.1, -0.05) is 30.3 Å². The Morgan fingerprint density at radius 2 is 1.92 bits per heavy atom. The molecule has 2 saturated heterocycles. The van der Waals surface area contributed by atoms with Crippen LogP contribution in [0.4, 0.5) is 0 Å². The molecule has 132 valence electrons. The monoisotopic (exact) mass is 351 g/mol. The van der Waals surface area contributed by atoms with Gasteiger partial charge in [0.25, 0.3) is 0 Å². The van der Waals surface area contributed by atoms with E-state index in [0.29, 0.717) is 13.0 Å². The van der Waals surface area contributed by atoms with Gasteiger partial charge in [-0.15, -0.1) is 12.4 Å². The molecule has 0 aliphatic carbocycles. The van der Waals surface area contributed by atoms with Crippen LogP contribution in [-0.2, 0) is 9.59 Å². The van der Waals surface area contributed by atoms with Crippen LogP contribution >= 0.6 is 12.4 Å². The Morgan fingerprint density at radius 3 is 2.58 bits per heavy atom. The average molecular weight is 352 g/mol. The van der Waals surface area contributed by atoms with E-state index < -0.39 is 0 Å². The van der Waals surface area contributed by atoms with Gasteiger partial charge in [0, 0.05) is 19.0 Å². The summed E-state index contributed by atoms with van der Waals surface area (Å²) >= 11 is 0. The highest BCUT2D eigenvalue weighted by atomic mass is 35.5. The molecule has 2 aliphatic heterocycles. The van der Waals surface area contributed by atoms with Gasteiger partial charge < -0.3 is 15.5 Å². The van der Waals surface area contributed by atoms with Gasteiger partial charge in [-0.2, -0.15) is 0 Å². The number of nitrogens with zero attached hydrogens (tertiary/aromatic N) is 1. The SMILES string of the molecule is CC(c1ccccc1)N1CC(C(=O)NC2CCNCC2)CC1=O.Cl. The van der Waals surface area contributed by atoms with Crippen LogP contribution in [0.2, 0.25) is 0 Å². The molecular formula is C18H26ClN3O2. The maximum Gasteiger partial charge on any atom is 0.225 e. The van der Waals surface area contributed by atoms with Gasteiger partial charge in [0.15, 0.2) is 0 Å². The predicted molar refractivity (Wildman–Crippen MR) is 96.0 cm³/mol. The summed E-state index contributed by atoms with van der Waals surface area (Å²) < 4.78 is 0. The number of hydrogen-bond donors (Lipinski definition) is 2. The maximum absolute atomic E-state index is 12.5. The summed E-state index contributed by atoms with van der Waals surface area (Å²) in [7, 11) is 0. The quantitative estimate of drug-likeness (QED) is 0.870. The van der Waals surface area contributed by atoms with Crippen LogP contribution in [0.1, 0.15) is 37.8 Å². The molecule has 5 nitrogen and oxygen atoms in total. The van der Waals surface area contributed by atoms with Gasteiger partial charge in [-0.05, 0) is 38.4 Å². The third kappa shape index (κ3) is 4.28. The van der Waals surface area contributed by atoms with Crippen molar-refractivity contribution in [3.05, 3.63) is 35.9 Å². The van der Waals surface area contributed by atoms with Crippen LogP contribution < -0.4 is 10.6 Å². The number of hydrogen-bond acceptors (Lipinski definition) is 3. The summed E-state index contributed by atoms with van der Waals surface area (Å²) in [5.74, 6) is -0.108. The second-order valence-corrected chi connectivity index (χ2v) is 6.57. The molecule has 0 aromatic heterocycles. The van der Waals surface area contributed by atoms with Crippen LogP contribution in [0.3, 0.4) is 0 Å². The lowest BCUT2D eigenvalue weighted by atomic mass is 10.0. The Hall–Kier alpha value is -1.59. The third-order valence-electron chi connectivity index (χ3n) is 4.96. The minimum atomic E-state index is -0.219. The van der Waals surface area contributed by atoms with Crippen molar-refractivity contribution in [2.45, 2.75) is 38.3 Å². The number of benzene rings is 1. The van der Waals surface area contributed by atoms with Crippen molar-refractivity contribution in [1.82, 2.24) is 15.5 Å². The summed E-state index contributed by atoms with van der Waals surface area (Å²) in [4.78, 5) is 26.6. The standard InChI is InChI=1S/C18H25N3O2.ClH/c1-13(14-5-3-2-4-6-14)21-12-15(11-17(21)22)18(23)20-16-7-9-19-10-8-16;/h2-6,13,15-16,19H,7-12H2,1H3,(H,20,23);1H. The van der Waals surface area contributed by atoms with E-state index in [4.69, 9.17) is 0 Å². The van der Waals surface area contributed by atoms with Gasteiger partial charge in [-0.3, -0.25) is 9.59 Å². The Bertz CT molecular complexity index is 561. The lowest BCUT2D eigenvalue weighted by Gasteiger charge is -2.26. The Kier molecular flexibility index (Phi) is 6.63. The third-order valence-corrected chi connectivity index (χ3v) is 4.96. The molecule has 0 spiro atoms. The lowest BCUT2D eigenvalue weighted by molar-refractivity contribution is -0.130. The molecule has 0 bridgehead atoms. The minimum Gasteiger partial charge on any atom is -0.353 e. The second kappa shape index (κ2) is 8.49. The van der Waals surface area contributed by atoms with Crippen LogP contribution in [0.25, 0.3) is 0 Å². The smallest absolute Gasteiger partial charge is 0.225 e. The zero-order valence-electron chi connectivity index (χ0n) is 14.0. The van der Waals surface area contributed by atoms with Crippen molar-refractivity contribution >= 4 is 24.2 Å². The molecule has 1 aromatic rings. The number of carbonyl (C=O) groups is 2. The van der Waals surface area contributed by atoms with E-state index >= 15 is 0 Å². The second-order valence-electron chi connectivity index (χ2n) is 6.57. The molecule has 2 atom stereocenters. The first kappa shape index (κ1) is 18.7. The Labute approximate surface area is 149 Å². The van der Waals surface area contributed by atoms with E-state index in [-0.39, 0.29) is 42.2 Å². The molecule has 2 heterocycles. The molecule has 2 fully saturated rings. The van der Waals surface area contributed by atoms with E-state index in [2.05, 4.69) is 10.6 Å². The number of nitrogens with one attached hydrogen (secondary N) is 2. The minimum absolute atomic E-state index is 0. The zero-order chi connectivity index (χ0) is 16.2. The summed E-state index contributed by atoms with van der Waals surface area (Å²) in [6, 6.07) is 10.2. The highest BCUT2D eigenvalue weighted by molar-refractivity contribution is 5.89. The first-order valence-electron chi connectivity index (χ1n) is 8.50. The molecule has 2 amide bonds. The van der Waals surface area contributed by atoms with Crippen LogP contribution in [-0.4, -0.2) is 42.4 Å². The molecule has 2 aliphatic rings. The average Bonchev–Trinajstić information content (AvgIpc) is 2.98. The van der Waals surface area contributed by atoms with Crippen molar-refractivity contribution in [3.8, 4) is 0 Å². The molecule has 0 saturated carbocycles. The lowest BCUT2D eigenvalue weighted by Crippen LogP contribution is -2.45. The maximum atomic E-state index is 12.5. The number of carbonyl (C=O) groups excluding carboxylic acids is 2. The molecule has 0 radical (unpaired) electrons. The highest BCUT2D eigenvalue weighted by Gasteiger charge is 2.37. The summed E-state index contributed by atoms with van der Waals surface area (Å²) in [6.07, 6.45) is 2.26. The first-order chi connectivity index (χ1) is 11.1. The van der Waals surface area contributed by atoms with Gasteiger partial charge in [-0.25, -0.2) is 0 Å². The first-order valence-corrected chi connectivity index (χ1v) is 8.50. The Balaban J connectivity index is 0.00000208. The molecule has 3 rings (SSSR count). The normalized spacial score (nSPS) is 22.8. The fraction of sp³-hybridized carbons (Fsp3) is 0.556. The van der Waals surface area contributed by atoms with Gasteiger partial charge in [0.05, 0.1) is 12.0 Å². The highest BCUT2D eigenvalue weighted by Crippen LogP contribution is 2.28. The number of halogens is 1. The molecule has 6 heteroatoms. The summed E-state index contributed by atoms with van der Waals surface area (Å²) in [5.41, 5.74) is 1.11. The fourth-order valence-electron chi connectivity index (χ4n) is 3.48. The van der Waals surface area contributed by atoms with E-state index in [1.807, 2.05) is 42.2 Å². The number of amides is 2. The number of piperidine rings is 1. The molecular weight excluding hydrogens is 326 g/mol. The topological polar surface area (TPSA) is 61.4 Å². The largest absolute Gasteiger partial charge is 0.353 e. The van der Waals surface area contributed by atoms with E-state index in [1.54, 1.807) is 0 Å². The van der Waals surface area contributed by atoms with Crippen molar-refractivity contribution in [3.63, 3.8) is 0 Å². The van der Waals surface area contributed by atoms with Crippen molar-refractivity contribution < 1.29 is 9.59 Å². The van der Waals surface area contributed by atoms with E-state index in [1.165, 1.54) is 0 Å². The Morgan fingerprint density at radius 1 is 1.25 bits per heavy atom. The molecule has 24 heavy (non-hydrogen) atoms.